The van der Waals surface area contributed by atoms with Gasteiger partial charge in [-0.2, -0.15) is 0 Å². The lowest BCUT2D eigenvalue weighted by Crippen LogP contribution is -2.17. The van der Waals surface area contributed by atoms with E-state index in [4.69, 9.17) is 10.5 Å². The molecule has 1 aromatic heterocycles. The SMILES string of the molecule is CCC(C)Oc1cccc(-n2ccc3c2CCCC3N)c1. The fourth-order valence-electron chi connectivity index (χ4n) is 2.99. The Labute approximate surface area is 126 Å². The van der Waals surface area contributed by atoms with E-state index < -0.39 is 0 Å². The summed E-state index contributed by atoms with van der Waals surface area (Å²) in [6.45, 7) is 4.24. The number of hydrogen-bond acceptors (Lipinski definition) is 2. The van der Waals surface area contributed by atoms with Crippen molar-refractivity contribution in [2.75, 3.05) is 0 Å². The number of ether oxygens (including phenoxy) is 1. The molecule has 2 N–H and O–H groups in total. The van der Waals surface area contributed by atoms with E-state index in [1.165, 1.54) is 17.7 Å². The van der Waals surface area contributed by atoms with Gasteiger partial charge in [-0.1, -0.05) is 13.0 Å². The number of nitrogens with zero attached hydrogens (tertiary/aromatic N) is 1. The smallest absolute Gasteiger partial charge is 0.121 e. The molecule has 2 aromatic rings. The third-order valence-corrected chi connectivity index (χ3v) is 4.36. The summed E-state index contributed by atoms with van der Waals surface area (Å²) in [5.41, 5.74) is 10.0. The molecule has 2 unspecified atom stereocenters. The van der Waals surface area contributed by atoms with Crippen LogP contribution >= 0.6 is 0 Å². The number of hydrogen-bond donors (Lipinski definition) is 1. The lowest BCUT2D eigenvalue weighted by molar-refractivity contribution is 0.217. The third-order valence-electron chi connectivity index (χ3n) is 4.36. The van der Waals surface area contributed by atoms with Crippen LogP contribution in [0.5, 0.6) is 5.75 Å². The van der Waals surface area contributed by atoms with Crippen LogP contribution in [0.2, 0.25) is 0 Å². The van der Waals surface area contributed by atoms with Gasteiger partial charge in [0.2, 0.25) is 0 Å². The van der Waals surface area contributed by atoms with Crippen molar-refractivity contribution in [3.8, 4) is 11.4 Å². The molecule has 1 aromatic carbocycles. The van der Waals surface area contributed by atoms with Crippen LogP contribution in [-0.4, -0.2) is 10.7 Å². The normalized spacial score (nSPS) is 19.1. The van der Waals surface area contributed by atoms with Crippen molar-refractivity contribution in [3.63, 3.8) is 0 Å². The van der Waals surface area contributed by atoms with Crippen LogP contribution in [0.1, 0.15) is 50.4 Å². The quantitative estimate of drug-likeness (QED) is 0.922. The highest BCUT2D eigenvalue weighted by molar-refractivity contribution is 5.44. The molecule has 0 aliphatic heterocycles. The molecule has 1 heterocycles. The fourth-order valence-corrected chi connectivity index (χ4v) is 2.99. The van der Waals surface area contributed by atoms with Gasteiger partial charge in [0.1, 0.15) is 5.75 Å². The van der Waals surface area contributed by atoms with Gasteiger partial charge in [0, 0.05) is 29.7 Å². The maximum absolute atomic E-state index is 6.21. The van der Waals surface area contributed by atoms with Crippen molar-refractivity contribution < 1.29 is 4.74 Å². The summed E-state index contributed by atoms with van der Waals surface area (Å²) in [6.07, 6.45) is 6.75. The molecular formula is C18H24N2O. The molecule has 3 rings (SSSR count). The third kappa shape index (κ3) is 2.84. The molecule has 0 spiro atoms. The van der Waals surface area contributed by atoms with Crippen molar-refractivity contribution in [3.05, 3.63) is 47.8 Å². The Hall–Kier alpha value is -1.74. The molecule has 0 bridgehead atoms. The summed E-state index contributed by atoms with van der Waals surface area (Å²) in [5.74, 6) is 0.935. The number of fused-ring (bicyclic) bond motifs is 1. The Morgan fingerprint density at radius 1 is 1.38 bits per heavy atom. The monoisotopic (exact) mass is 284 g/mol. The summed E-state index contributed by atoms with van der Waals surface area (Å²) in [4.78, 5) is 0. The number of nitrogens with two attached hydrogens (primary N) is 1. The maximum Gasteiger partial charge on any atom is 0.121 e. The van der Waals surface area contributed by atoms with Crippen LogP contribution in [-0.2, 0) is 6.42 Å². The average Bonchev–Trinajstić information content (AvgIpc) is 2.93. The second-order valence-electron chi connectivity index (χ2n) is 5.92. The summed E-state index contributed by atoms with van der Waals surface area (Å²) in [5, 5.41) is 0. The van der Waals surface area contributed by atoms with Crippen molar-refractivity contribution in [2.24, 2.45) is 5.73 Å². The molecule has 0 amide bonds. The molecule has 1 aliphatic rings. The second-order valence-corrected chi connectivity index (χ2v) is 5.92. The van der Waals surface area contributed by atoms with Crippen molar-refractivity contribution in [2.45, 2.75) is 51.7 Å². The first-order valence-corrected chi connectivity index (χ1v) is 7.92. The van der Waals surface area contributed by atoms with Crippen LogP contribution < -0.4 is 10.5 Å². The van der Waals surface area contributed by atoms with E-state index in [1.54, 1.807) is 0 Å². The van der Waals surface area contributed by atoms with Gasteiger partial charge in [0.15, 0.2) is 0 Å². The Bertz CT molecular complexity index is 617. The highest BCUT2D eigenvalue weighted by Crippen LogP contribution is 2.31. The Kier molecular flexibility index (Phi) is 4.02. The minimum Gasteiger partial charge on any atom is -0.491 e. The molecule has 2 atom stereocenters. The van der Waals surface area contributed by atoms with E-state index in [1.807, 2.05) is 6.07 Å². The second kappa shape index (κ2) is 5.94. The first-order valence-electron chi connectivity index (χ1n) is 7.92. The van der Waals surface area contributed by atoms with E-state index in [2.05, 4.69) is 48.9 Å². The van der Waals surface area contributed by atoms with E-state index in [0.29, 0.717) is 0 Å². The van der Waals surface area contributed by atoms with Gasteiger partial charge < -0.3 is 15.0 Å². The highest BCUT2D eigenvalue weighted by Gasteiger charge is 2.20. The lowest BCUT2D eigenvalue weighted by Gasteiger charge is -2.21. The molecular weight excluding hydrogens is 260 g/mol. The first-order chi connectivity index (χ1) is 10.2. The Morgan fingerprint density at radius 3 is 3.05 bits per heavy atom. The number of rotatable bonds is 4. The van der Waals surface area contributed by atoms with Crippen molar-refractivity contribution in [1.29, 1.82) is 0 Å². The zero-order chi connectivity index (χ0) is 14.8. The molecule has 3 nitrogen and oxygen atoms in total. The van der Waals surface area contributed by atoms with Crippen LogP contribution in [0.25, 0.3) is 5.69 Å². The molecule has 0 saturated carbocycles. The number of benzene rings is 1. The molecule has 0 saturated heterocycles. The Morgan fingerprint density at radius 2 is 2.24 bits per heavy atom. The number of aromatic nitrogens is 1. The van der Waals surface area contributed by atoms with Crippen LogP contribution in [0.15, 0.2) is 36.5 Å². The zero-order valence-electron chi connectivity index (χ0n) is 12.9. The van der Waals surface area contributed by atoms with Gasteiger partial charge in [-0.3, -0.25) is 0 Å². The molecule has 1 aliphatic carbocycles. The van der Waals surface area contributed by atoms with Gasteiger partial charge in [-0.05, 0) is 56.4 Å². The highest BCUT2D eigenvalue weighted by atomic mass is 16.5. The van der Waals surface area contributed by atoms with Gasteiger partial charge in [0.05, 0.1) is 6.10 Å². The average molecular weight is 284 g/mol. The standard InChI is InChI=1S/C18H24N2O/c1-3-13(2)21-15-7-4-6-14(12-15)20-11-10-16-17(19)8-5-9-18(16)20/h4,6-7,10-13,17H,3,5,8-9,19H2,1-2H3. The van der Waals surface area contributed by atoms with Crippen molar-refractivity contribution >= 4 is 0 Å². The van der Waals surface area contributed by atoms with Gasteiger partial charge in [0.25, 0.3) is 0 Å². The van der Waals surface area contributed by atoms with E-state index in [-0.39, 0.29) is 12.1 Å². The molecule has 0 radical (unpaired) electrons. The van der Waals surface area contributed by atoms with E-state index in [0.717, 1.165) is 30.7 Å². The lowest BCUT2D eigenvalue weighted by atomic mass is 9.93. The van der Waals surface area contributed by atoms with E-state index in [9.17, 15) is 0 Å². The molecule has 0 fully saturated rings. The zero-order valence-corrected chi connectivity index (χ0v) is 12.9. The van der Waals surface area contributed by atoms with Gasteiger partial charge in [-0.15, -0.1) is 0 Å². The van der Waals surface area contributed by atoms with Crippen LogP contribution in [0.4, 0.5) is 0 Å². The van der Waals surface area contributed by atoms with Crippen molar-refractivity contribution in [1.82, 2.24) is 4.57 Å². The molecule has 3 heteroatoms. The summed E-state index contributed by atoms with van der Waals surface area (Å²) < 4.78 is 8.19. The minimum atomic E-state index is 0.189. The maximum atomic E-state index is 6.21. The summed E-state index contributed by atoms with van der Waals surface area (Å²) in [6, 6.07) is 10.7. The van der Waals surface area contributed by atoms with Gasteiger partial charge >= 0.3 is 0 Å². The van der Waals surface area contributed by atoms with Crippen LogP contribution in [0, 0.1) is 0 Å². The topological polar surface area (TPSA) is 40.2 Å². The predicted molar refractivity (Wildman–Crippen MR) is 86.0 cm³/mol. The summed E-state index contributed by atoms with van der Waals surface area (Å²) in [7, 11) is 0. The summed E-state index contributed by atoms with van der Waals surface area (Å²) >= 11 is 0. The molecule has 112 valence electrons. The van der Waals surface area contributed by atoms with E-state index >= 15 is 0 Å². The first kappa shape index (κ1) is 14.2. The molecule has 21 heavy (non-hydrogen) atoms. The van der Waals surface area contributed by atoms with Gasteiger partial charge in [-0.25, -0.2) is 0 Å². The minimum absolute atomic E-state index is 0.189. The fraction of sp³-hybridized carbons (Fsp3) is 0.444. The largest absolute Gasteiger partial charge is 0.491 e. The van der Waals surface area contributed by atoms with Crippen LogP contribution in [0.3, 0.4) is 0 Å². The predicted octanol–water partition coefficient (Wildman–Crippen LogP) is 3.99. The Balaban J connectivity index is 1.92.